The number of nitrogens with zero attached hydrogens (tertiary/aromatic N) is 1. The fraction of sp³-hybridized carbons (Fsp3) is 0.400. The molecule has 132 valence electrons. The van der Waals surface area contributed by atoms with Crippen LogP contribution in [0.4, 0.5) is 0 Å². The van der Waals surface area contributed by atoms with Gasteiger partial charge in [-0.1, -0.05) is 6.08 Å². The zero-order valence-corrected chi connectivity index (χ0v) is 14.9. The molecular formula is C15H20N2O5S2. The summed E-state index contributed by atoms with van der Waals surface area (Å²) < 4.78 is 49.3. The number of sulfone groups is 1. The molecule has 1 aromatic rings. The topological polar surface area (TPSA) is 101 Å². The SMILES string of the molecule is C=CCNS(=O)(=O)c1ccc(C(=O)N(C)C2CCS(=O)(=O)C2)cc1. The summed E-state index contributed by atoms with van der Waals surface area (Å²) in [6.07, 6.45) is 1.85. The first-order valence-electron chi connectivity index (χ1n) is 7.34. The van der Waals surface area contributed by atoms with Crippen LogP contribution in [0.2, 0.25) is 0 Å². The molecule has 0 radical (unpaired) electrons. The van der Waals surface area contributed by atoms with E-state index in [1.54, 1.807) is 7.05 Å². The highest BCUT2D eigenvalue weighted by Gasteiger charge is 2.33. The van der Waals surface area contributed by atoms with E-state index >= 15 is 0 Å². The minimum atomic E-state index is -3.64. The van der Waals surface area contributed by atoms with Crippen LogP contribution in [0.15, 0.2) is 41.8 Å². The van der Waals surface area contributed by atoms with Crippen molar-refractivity contribution in [3.63, 3.8) is 0 Å². The van der Waals surface area contributed by atoms with Crippen molar-refractivity contribution >= 4 is 25.8 Å². The molecule has 1 atom stereocenters. The summed E-state index contributed by atoms with van der Waals surface area (Å²) in [5.74, 6) is -0.283. The second-order valence-electron chi connectivity index (χ2n) is 5.64. The molecule has 1 aliphatic heterocycles. The molecule has 0 aliphatic carbocycles. The molecule has 9 heteroatoms. The van der Waals surface area contributed by atoms with Crippen LogP contribution >= 0.6 is 0 Å². The lowest BCUT2D eigenvalue weighted by Gasteiger charge is -2.23. The molecule has 0 saturated carbocycles. The van der Waals surface area contributed by atoms with E-state index in [0.29, 0.717) is 12.0 Å². The van der Waals surface area contributed by atoms with Crippen molar-refractivity contribution in [1.29, 1.82) is 0 Å². The van der Waals surface area contributed by atoms with Crippen LogP contribution in [0, 0.1) is 0 Å². The molecular weight excluding hydrogens is 352 g/mol. The number of hydrogen-bond donors (Lipinski definition) is 1. The maximum Gasteiger partial charge on any atom is 0.253 e. The highest BCUT2D eigenvalue weighted by molar-refractivity contribution is 7.91. The maximum atomic E-state index is 12.4. The third-order valence-corrected chi connectivity index (χ3v) is 7.10. The quantitative estimate of drug-likeness (QED) is 0.729. The first-order valence-corrected chi connectivity index (χ1v) is 10.6. The molecule has 0 aromatic heterocycles. The largest absolute Gasteiger partial charge is 0.338 e. The fourth-order valence-corrected chi connectivity index (χ4v) is 5.25. The van der Waals surface area contributed by atoms with Crippen molar-refractivity contribution in [1.82, 2.24) is 9.62 Å². The van der Waals surface area contributed by atoms with Crippen molar-refractivity contribution in [2.24, 2.45) is 0 Å². The van der Waals surface area contributed by atoms with Crippen molar-refractivity contribution in [3.8, 4) is 0 Å². The van der Waals surface area contributed by atoms with E-state index in [1.807, 2.05) is 0 Å². The minimum Gasteiger partial charge on any atom is -0.338 e. The number of carbonyl (C=O) groups is 1. The smallest absolute Gasteiger partial charge is 0.253 e. The molecule has 1 saturated heterocycles. The predicted molar refractivity (Wildman–Crippen MR) is 91.0 cm³/mol. The van der Waals surface area contributed by atoms with Crippen molar-refractivity contribution in [2.45, 2.75) is 17.4 Å². The van der Waals surface area contributed by atoms with E-state index in [-0.39, 0.29) is 34.9 Å². The summed E-state index contributed by atoms with van der Waals surface area (Å²) in [7, 11) is -5.16. The van der Waals surface area contributed by atoms with Crippen LogP contribution in [-0.4, -0.2) is 58.8 Å². The molecule has 7 nitrogen and oxygen atoms in total. The van der Waals surface area contributed by atoms with E-state index in [4.69, 9.17) is 0 Å². The van der Waals surface area contributed by atoms with Gasteiger partial charge in [0.1, 0.15) is 0 Å². The summed E-state index contributed by atoms with van der Waals surface area (Å²) in [6.45, 7) is 3.56. The Hall–Kier alpha value is -1.71. The van der Waals surface area contributed by atoms with E-state index < -0.39 is 19.9 Å². The number of hydrogen-bond acceptors (Lipinski definition) is 5. The summed E-state index contributed by atoms with van der Waals surface area (Å²) >= 11 is 0. The first-order chi connectivity index (χ1) is 11.2. The normalized spacial score (nSPS) is 19.8. The molecule has 0 spiro atoms. The summed E-state index contributed by atoms with van der Waals surface area (Å²) in [6, 6.07) is 5.19. The van der Waals surface area contributed by atoms with Crippen LogP contribution in [0.5, 0.6) is 0 Å². The standard InChI is InChI=1S/C15H20N2O5S2/c1-3-9-16-24(21,22)14-6-4-12(5-7-14)15(18)17(2)13-8-10-23(19,20)11-13/h3-7,13,16H,1,8-11H2,2H3. The Labute approximate surface area is 142 Å². The number of carbonyl (C=O) groups excluding carboxylic acids is 1. The van der Waals surface area contributed by atoms with Gasteiger partial charge in [0.2, 0.25) is 10.0 Å². The van der Waals surface area contributed by atoms with Crippen molar-refractivity contribution < 1.29 is 21.6 Å². The Kier molecular flexibility index (Phi) is 5.46. The summed E-state index contributed by atoms with van der Waals surface area (Å²) in [5, 5.41) is 0. The zero-order chi connectivity index (χ0) is 18.0. The zero-order valence-electron chi connectivity index (χ0n) is 13.3. The van der Waals surface area contributed by atoms with Crippen LogP contribution in [0.3, 0.4) is 0 Å². The Bertz CT molecular complexity index is 829. The lowest BCUT2D eigenvalue weighted by atomic mass is 10.1. The lowest BCUT2D eigenvalue weighted by molar-refractivity contribution is 0.0747. The average Bonchev–Trinajstić information content (AvgIpc) is 2.91. The van der Waals surface area contributed by atoms with Gasteiger partial charge in [0.15, 0.2) is 9.84 Å². The van der Waals surface area contributed by atoms with Gasteiger partial charge in [0, 0.05) is 25.2 Å². The maximum absolute atomic E-state index is 12.4. The van der Waals surface area contributed by atoms with E-state index in [0.717, 1.165) is 0 Å². The van der Waals surface area contributed by atoms with Crippen LogP contribution < -0.4 is 4.72 Å². The number of sulfonamides is 1. The number of rotatable bonds is 6. The Morgan fingerprint density at radius 1 is 1.38 bits per heavy atom. The third-order valence-electron chi connectivity index (χ3n) is 3.91. The van der Waals surface area contributed by atoms with Crippen LogP contribution in [0.1, 0.15) is 16.8 Å². The molecule has 24 heavy (non-hydrogen) atoms. The van der Waals surface area contributed by atoms with Gasteiger partial charge in [-0.3, -0.25) is 4.79 Å². The van der Waals surface area contributed by atoms with E-state index in [1.165, 1.54) is 35.2 Å². The lowest BCUT2D eigenvalue weighted by Crippen LogP contribution is -2.37. The fourth-order valence-electron chi connectivity index (χ4n) is 2.48. The second-order valence-corrected chi connectivity index (χ2v) is 9.63. The molecule has 1 amide bonds. The molecule has 2 rings (SSSR count). The third kappa shape index (κ3) is 4.22. The average molecular weight is 372 g/mol. The minimum absolute atomic E-state index is 0.0345. The van der Waals surface area contributed by atoms with Gasteiger partial charge in [-0.05, 0) is 30.7 Å². The molecule has 1 unspecified atom stereocenters. The van der Waals surface area contributed by atoms with Crippen molar-refractivity contribution in [3.05, 3.63) is 42.5 Å². The van der Waals surface area contributed by atoms with Crippen LogP contribution in [0.25, 0.3) is 0 Å². The van der Waals surface area contributed by atoms with Gasteiger partial charge < -0.3 is 4.90 Å². The molecule has 1 aliphatic rings. The van der Waals surface area contributed by atoms with Crippen molar-refractivity contribution in [2.75, 3.05) is 25.1 Å². The van der Waals surface area contributed by atoms with Gasteiger partial charge in [-0.2, -0.15) is 0 Å². The highest BCUT2D eigenvalue weighted by atomic mass is 32.2. The predicted octanol–water partition coefficient (Wildman–Crippen LogP) is 0.410. The van der Waals surface area contributed by atoms with Gasteiger partial charge in [-0.15, -0.1) is 6.58 Å². The van der Waals surface area contributed by atoms with Gasteiger partial charge in [-0.25, -0.2) is 21.6 Å². The summed E-state index contributed by atoms with van der Waals surface area (Å²) in [5.41, 5.74) is 0.310. The Morgan fingerprint density at radius 3 is 2.50 bits per heavy atom. The molecule has 0 bridgehead atoms. The molecule has 1 N–H and O–H groups in total. The first kappa shape index (κ1) is 18.6. The number of nitrogens with one attached hydrogen (secondary N) is 1. The Morgan fingerprint density at radius 2 is 2.00 bits per heavy atom. The monoisotopic (exact) mass is 372 g/mol. The van der Waals surface area contributed by atoms with Gasteiger partial charge in [0.25, 0.3) is 5.91 Å². The molecule has 1 heterocycles. The van der Waals surface area contributed by atoms with E-state index in [9.17, 15) is 21.6 Å². The highest BCUT2D eigenvalue weighted by Crippen LogP contribution is 2.19. The van der Waals surface area contributed by atoms with E-state index in [2.05, 4.69) is 11.3 Å². The summed E-state index contributed by atoms with van der Waals surface area (Å²) in [4.78, 5) is 13.9. The van der Waals surface area contributed by atoms with Gasteiger partial charge >= 0.3 is 0 Å². The Balaban J connectivity index is 2.13. The second kappa shape index (κ2) is 7.04. The molecule has 1 aromatic carbocycles. The van der Waals surface area contributed by atoms with Gasteiger partial charge in [0.05, 0.1) is 16.4 Å². The number of amides is 1. The number of benzene rings is 1. The van der Waals surface area contributed by atoms with Crippen LogP contribution in [-0.2, 0) is 19.9 Å². The molecule has 1 fully saturated rings.